The minimum Gasteiger partial charge on any atom is -0.450 e. The molecule has 3 aromatic rings. The number of benzene rings is 1. The van der Waals surface area contributed by atoms with Gasteiger partial charge in [-0.15, -0.1) is 0 Å². The lowest BCUT2D eigenvalue weighted by molar-refractivity contribution is -0.134. The molecule has 4 heterocycles. The quantitative estimate of drug-likeness (QED) is 0.565. The molecular formula is C25H30N6O4. The summed E-state index contributed by atoms with van der Waals surface area (Å²) in [7, 11) is 1.87. The van der Waals surface area contributed by atoms with Crippen molar-refractivity contribution >= 4 is 28.8 Å². The molecule has 2 aliphatic heterocycles. The first-order valence-electron chi connectivity index (χ1n) is 12.2. The van der Waals surface area contributed by atoms with Crippen LogP contribution in [0.3, 0.4) is 0 Å². The number of hydrogen-bond acceptors (Lipinski definition) is 6. The lowest BCUT2D eigenvalue weighted by Crippen LogP contribution is -2.39. The zero-order chi connectivity index (χ0) is 24.5. The van der Waals surface area contributed by atoms with Crippen molar-refractivity contribution in [2.24, 2.45) is 7.05 Å². The topological polar surface area (TPSA) is 111 Å². The monoisotopic (exact) mass is 478 g/mol. The number of imide groups is 1. The van der Waals surface area contributed by atoms with Gasteiger partial charge in [-0.3, -0.25) is 24.3 Å². The third kappa shape index (κ3) is 4.65. The number of aryl methyl sites for hydroxylation is 1. The summed E-state index contributed by atoms with van der Waals surface area (Å²) in [5, 5.41) is 12.5. The van der Waals surface area contributed by atoms with Crippen LogP contribution in [0.5, 0.6) is 0 Å². The minimum absolute atomic E-state index is 0.225. The zero-order valence-corrected chi connectivity index (χ0v) is 20.1. The van der Waals surface area contributed by atoms with Gasteiger partial charge in [0.15, 0.2) is 0 Å². The van der Waals surface area contributed by atoms with Gasteiger partial charge in [-0.2, -0.15) is 10.2 Å². The third-order valence-corrected chi connectivity index (χ3v) is 7.00. The lowest BCUT2D eigenvalue weighted by atomic mass is 9.92. The van der Waals surface area contributed by atoms with Gasteiger partial charge in [-0.05, 0) is 49.3 Å². The van der Waals surface area contributed by atoms with E-state index in [9.17, 15) is 14.4 Å². The number of hydrogen-bond donors (Lipinski definition) is 1. The summed E-state index contributed by atoms with van der Waals surface area (Å²) in [6.07, 6.45) is 6.39. The van der Waals surface area contributed by atoms with Crippen LogP contribution in [0.1, 0.15) is 61.3 Å². The fraction of sp³-hybridized carbons (Fsp3) is 0.480. The van der Waals surface area contributed by atoms with Crippen LogP contribution in [0.4, 0.5) is 4.79 Å². The SMILES string of the molecule is CCOC(=O)N1CCC(c2cnn(Cc3ccc4c(C5CCC(=O)NC5=O)nn(C)c4c3)c2)CC1. The molecule has 2 aromatic heterocycles. The number of aromatic nitrogens is 4. The van der Waals surface area contributed by atoms with Gasteiger partial charge in [0.05, 0.1) is 36.5 Å². The average Bonchev–Trinajstić information content (AvgIpc) is 3.44. The normalized spacial score (nSPS) is 19.3. The standard InChI is InChI=1S/C25H30N6O4/c1-3-35-25(34)30-10-8-17(9-11-30)18-13-26-31(15-18)14-16-4-5-19-21(12-16)29(2)28-23(19)20-6-7-22(32)27-24(20)33/h4-5,12-13,15,17,20H,3,6-11,14H2,1-2H3,(H,27,32,33). The Morgan fingerprint density at radius 2 is 2.00 bits per heavy atom. The first kappa shape index (κ1) is 23.1. The Balaban J connectivity index is 1.27. The summed E-state index contributed by atoms with van der Waals surface area (Å²) in [6, 6.07) is 6.13. The molecule has 10 heteroatoms. The Labute approximate surface area is 203 Å². The molecule has 1 aromatic carbocycles. The number of carbonyl (C=O) groups is 3. The molecule has 1 atom stereocenters. The van der Waals surface area contributed by atoms with Crippen molar-refractivity contribution in [3.05, 3.63) is 47.4 Å². The molecule has 5 rings (SSSR count). The second-order valence-electron chi connectivity index (χ2n) is 9.30. The van der Waals surface area contributed by atoms with Gasteiger partial charge < -0.3 is 9.64 Å². The van der Waals surface area contributed by atoms with Crippen LogP contribution >= 0.6 is 0 Å². The predicted molar refractivity (Wildman–Crippen MR) is 128 cm³/mol. The van der Waals surface area contributed by atoms with Crippen molar-refractivity contribution in [2.45, 2.75) is 51.0 Å². The molecule has 3 amide bonds. The molecule has 0 spiro atoms. The minimum atomic E-state index is -0.411. The van der Waals surface area contributed by atoms with Gasteiger partial charge in [-0.25, -0.2) is 4.79 Å². The molecule has 2 saturated heterocycles. The molecule has 0 bridgehead atoms. The molecule has 1 N–H and O–H groups in total. The Morgan fingerprint density at radius 1 is 1.20 bits per heavy atom. The first-order chi connectivity index (χ1) is 16.9. The average molecular weight is 479 g/mol. The number of rotatable bonds is 5. The number of likely N-dealkylation sites (tertiary alicyclic amines) is 1. The Morgan fingerprint density at radius 3 is 2.74 bits per heavy atom. The molecular weight excluding hydrogens is 448 g/mol. The van der Waals surface area contributed by atoms with Gasteiger partial charge in [0, 0.05) is 38.1 Å². The van der Waals surface area contributed by atoms with Crippen LogP contribution in [0, 0.1) is 0 Å². The van der Waals surface area contributed by atoms with Crippen molar-refractivity contribution < 1.29 is 19.1 Å². The second kappa shape index (κ2) is 9.52. The Hall–Kier alpha value is -3.69. The van der Waals surface area contributed by atoms with Crippen molar-refractivity contribution in [2.75, 3.05) is 19.7 Å². The fourth-order valence-electron chi connectivity index (χ4n) is 5.12. The Bertz CT molecular complexity index is 1270. The van der Waals surface area contributed by atoms with Crippen molar-refractivity contribution in [3.63, 3.8) is 0 Å². The van der Waals surface area contributed by atoms with E-state index in [0.29, 0.717) is 45.0 Å². The largest absolute Gasteiger partial charge is 0.450 e. The molecule has 35 heavy (non-hydrogen) atoms. The number of carbonyl (C=O) groups excluding carboxylic acids is 3. The number of ether oxygens (including phenoxy) is 1. The number of fused-ring (bicyclic) bond motifs is 1. The summed E-state index contributed by atoms with van der Waals surface area (Å²) in [6.45, 7) is 4.23. The maximum absolute atomic E-state index is 12.4. The highest BCUT2D eigenvalue weighted by Gasteiger charge is 2.31. The Kier molecular flexibility index (Phi) is 6.27. The van der Waals surface area contributed by atoms with E-state index in [0.717, 1.165) is 35.0 Å². The highest BCUT2D eigenvalue weighted by Crippen LogP contribution is 2.31. The predicted octanol–water partition coefficient (Wildman–Crippen LogP) is 2.67. The van der Waals surface area contributed by atoms with Gasteiger partial charge in [0.2, 0.25) is 11.8 Å². The highest BCUT2D eigenvalue weighted by molar-refractivity contribution is 6.02. The molecule has 0 saturated carbocycles. The molecule has 2 aliphatic rings. The summed E-state index contributed by atoms with van der Waals surface area (Å²) in [4.78, 5) is 37.6. The van der Waals surface area contributed by atoms with Crippen molar-refractivity contribution in [3.8, 4) is 0 Å². The van der Waals surface area contributed by atoms with Crippen LogP contribution in [-0.4, -0.2) is 62.1 Å². The van der Waals surface area contributed by atoms with E-state index < -0.39 is 5.92 Å². The first-order valence-corrected chi connectivity index (χ1v) is 12.2. The van der Waals surface area contributed by atoms with Crippen LogP contribution in [0.2, 0.25) is 0 Å². The summed E-state index contributed by atoms with van der Waals surface area (Å²) < 4.78 is 8.84. The summed E-state index contributed by atoms with van der Waals surface area (Å²) >= 11 is 0. The van der Waals surface area contributed by atoms with E-state index in [4.69, 9.17) is 4.74 Å². The second-order valence-corrected chi connectivity index (χ2v) is 9.30. The summed E-state index contributed by atoms with van der Waals surface area (Å²) in [5.74, 6) is -0.532. The molecule has 2 fully saturated rings. The van der Waals surface area contributed by atoms with E-state index in [-0.39, 0.29) is 17.9 Å². The number of amides is 3. The molecule has 10 nitrogen and oxygen atoms in total. The molecule has 1 unspecified atom stereocenters. The third-order valence-electron chi connectivity index (χ3n) is 7.00. The summed E-state index contributed by atoms with van der Waals surface area (Å²) in [5.41, 5.74) is 3.94. The van der Waals surface area contributed by atoms with E-state index >= 15 is 0 Å². The number of nitrogens with zero attached hydrogens (tertiary/aromatic N) is 5. The molecule has 0 radical (unpaired) electrons. The smallest absolute Gasteiger partial charge is 0.409 e. The van der Waals surface area contributed by atoms with E-state index in [2.05, 4.69) is 27.8 Å². The van der Waals surface area contributed by atoms with Gasteiger partial charge in [0.1, 0.15) is 0 Å². The van der Waals surface area contributed by atoms with E-state index in [1.54, 1.807) is 9.58 Å². The fourth-order valence-corrected chi connectivity index (χ4v) is 5.12. The van der Waals surface area contributed by atoms with E-state index in [1.165, 1.54) is 5.56 Å². The van der Waals surface area contributed by atoms with Crippen LogP contribution in [-0.2, 0) is 27.9 Å². The zero-order valence-electron chi connectivity index (χ0n) is 20.1. The van der Waals surface area contributed by atoms with Crippen molar-refractivity contribution in [1.82, 2.24) is 29.8 Å². The number of piperidine rings is 2. The van der Waals surface area contributed by atoms with Crippen LogP contribution in [0.15, 0.2) is 30.6 Å². The van der Waals surface area contributed by atoms with Gasteiger partial charge >= 0.3 is 6.09 Å². The van der Waals surface area contributed by atoms with Crippen LogP contribution in [0.25, 0.3) is 10.9 Å². The lowest BCUT2D eigenvalue weighted by Gasteiger charge is -2.30. The maximum atomic E-state index is 12.4. The molecule has 0 aliphatic carbocycles. The van der Waals surface area contributed by atoms with E-state index in [1.807, 2.05) is 37.0 Å². The van der Waals surface area contributed by atoms with Crippen molar-refractivity contribution in [1.29, 1.82) is 0 Å². The van der Waals surface area contributed by atoms with Crippen LogP contribution < -0.4 is 5.32 Å². The number of nitrogens with one attached hydrogen (secondary N) is 1. The van der Waals surface area contributed by atoms with Gasteiger partial charge in [-0.1, -0.05) is 12.1 Å². The maximum Gasteiger partial charge on any atom is 0.409 e. The highest BCUT2D eigenvalue weighted by atomic mass is 16.6. The molecule has 184 valence electrons. The van der Waals surface area contributed by atoms with Gasteiger partial charge in [0.25, 0.3) is 0 Å².